The molecular weight excluding hydrogens is 232 g/mol. The van der Waals surface area contributed by atoms with Crippen molar-refractivity contribution in [2.45, 2.75) is 26.9 Å². The second-order valence-corrected chi connectivity index (χ2v) is 5.17. The Bertz CT molecular complexity index is 495. The molecule has 1 unspecified atom stereocenters. The van der Waals surface area contributed by atoms with E-state index in [1.54, 1.807) is 11.3 Å². The first-order valence-electron chi connectivity index (χ1n) is 5.91. The summed E-state index contributed by atoms with van der Waals surface area (Å²) in [6.07, 6.45) is 0.216. The van der Waals surface area contributed by atoms with Crippen molar-refractivity contribution in [1.29, 1.82) is 0 Å². The lowest BCUT2D eigenvalue weighted by atomic mass is 10.2. The number of hydrogen-bond acceptors (Lipinski definition) is 4. The van der Waals surface area contributed by atoms with Gasteiger partial charge in [-0.05, 0) is 38.5 Å². The first-order chi connectivity index (χ1) is 8.19. The molecule has 0 aliphatic heterocycles. The maximum Gasteiger partial charge on any atom is 0.183 e. The Morgan fingerprint density at radius 3 is 3.06 bits per heavy atom. The van der Waals surface area contributed by atoms with Gasteiger partial charge in [0.15, 0.2) is 5.13 Å². The quantitative estimate of drug-likeness (QED) is 0.882. The van der Waals surface area contributed by atoms with Crippen LogP contribution in [0.4, 0.5) is 5.13 Å². The molecule has 0 aliphatic carbocycles. The summed E-state index contributed by atoms with van der Waals surface area (Å²) in [6, 6.07) is 6.33. The molecule has 1 N–H and O–H groups in total. The normalized spacial score (nSPS) is 12.9. The van der Waals surface area contributed by atoms with Crippen molar-refractivity contribution in [2.24, 2.45) is 0 Å². The lowest BCUT2D eigenvalue weighted by Gasteiger charge is -2.11. The zero-order valence-electron chi connectivity index (χ0n) is 10.5. The summed E-state index contributed by atoms with van der Waals surface area (Å²) in [5, 5.41) is 4.29. The fourth-order valence-corrected chi connectivity index (χ4v) is 2.65. The van der Waals surface area contributed by atoms with E-state index >= 15 is 0 Å². The monoisotopic (exact) mass is 250 g/mol. The molecule has 1 heterocycles. The van der Waals surface area contributed by atoms with Crippen LogP contribution in [0.2, 0.25) is 0 Å². The predicted octanol–water partition coefficient (Wildman–Crippen LogP) is 3.44. The Morgan fingerprint density at radius 2 is 2.29 bits per heavy atom. The van der Waals surface area contributed by atoms with Gasteiger partial charge in [0.2, 0.25) is 0 Å². The summed E-state index contributed by atoms with van der Waals surface area (Å²) in [4.78, 5) is 4.54. The van der Waals surface area contributed by atoms with Crippen molar-refractivity contribution >= 4 is 26.7 Å². The van der Waals surface area contributed by atoms with Gasteiger partial charge in [-0.25, -0.2) is 4.98 Å². The number of fused-ring (bicyclic) bond motifs is 1. The molecule has 0 saturated carbocycles. The molecule has 1 atom stereocenters. The van der Waals surface area contributed by atoms with Gasteiger partial charge < -0.3 is 10.1 Å². The largest absolute Gasteiger partial charge is 0.377 e. The third kappa shape index (κ3) is 3.17. The van der Waals surface area contributed by atoms with Crippen LogP contribution >= 0.6 is 11.3 Å². The van der Waals surface area contributed by atoms with Crippen molar-refractivity contribution in [3.8, 4) is 0 Å². The highest BCUT2D eigenvalue weighted by atomic mass is 32.1. The molecule has 17 heavy (non-hydrogen) atoms. The fraction of sp³-hybridized carbons (Fsp3) is 0.462. The summed E-state index contributed by atoms with van der Waals surface area (Å²) in [5.41, 5.74) is 2.34. The minimum atomic E-state index is 0.216. The van der Waals surface area contributed by atoms with Crippen LogP contribution in [0, 0.1) is 6.92 Å². The minimum absolute atomic E-state index is 0.216. The number of aryl methyl sites for hydroxylation is 1. The van der Waals surface area contributed by atoms with Crippen LogP contribution in [0.15, 0.2) is 18.2 Å². The van der Waals surface area contributed by atoms with Crippen LogP contribution in [-0.4, -0.2) is 24.2 Å². The first-order valence-corrected chi connectivity index (χ1v) is 6.73. The number of aromatic nitrogens is 1. The first kappa shape index (κ1) is 12.3. The summed E-state index contributed by atoms with van der Waals surface area (Å²) < 4.78 is 6.70. The van der Waals surface area contributed by atoms with Gasteiger partial charge in [-0.3, -0.25) is 0 Å². The van der Waals surface area contributed by atoms with Crippen molar-refractivity contribution < 1.29 is 4.74 Å². The smallest absolute Gasteiger partial charge is 0.183 e. The van der Waals surface area contributed by atoms with Crippen LogP contribution < -0.4 is 5.32 Å². The van der Waals surface area contributed by atoms with Gasteiger partial charge >= 0.3 is 0 Å². The van der Waals surface area contributed by atoms with Gasteiger partial charge in [-0.1, -0.05) is 17.4 Å². The molecule has 0 spiro atoms. The van der Waals surface area contributed by atoms with Crippen molar-refractivity contribution in [2.75, 3.05) is 18.5 Å². The van der Waals surface area contributed by atoms with Crippen LogP contribution in [0.3, 0.4) is 0 Å². The van der Waals surface area contributed by atoms with Gasteiger partial charge in [0.05, 0.1) is 16.3 Å². The SMILES string of the molecule is CCOC(C)CNc1nc2ccc(C)cc2s1. The minimum Gasteiger partial charge on any atom is -0.377 e. The maximum absolute atomic E-state index is 5.47. The van der Waals surface area contributed by atoms with Crippen LogP contribution in [-0.2, 0) is 4.74 Å². The zero-order valence-corrected chi connectivity index (χ0v) is 11.3. The van der Waals surface area contributed by atoms with Crippen LogP contribution in [0.25, 0.3) is 10.2 Å². The second kappa shape index (κ2) is 5.47. The number of ether oxygens (including phenoxy) is 1. The molecule has 2 aromatic rings. The molecule has 0 bridgehead atoms. The van der Waals surface area contributed by atoms with Gasteiger partial charge in [0, 0.05) is 13.2 Å². The Balaban J connectivity index is 2.04. The van der Waals surface area contributed by atoms with E-state index < -0.39 is 0 Å². The number of benzene rings is 1. The van der Waals surface area contributed by atoms with Gasteiger partial charge in [-0.15, -0.1) is 0 Å². The van der Waals surface area contributed by atoms with Gasteiger partial charge in [-0.2, -0.15) is 0 Å². The van der Waals surface area contributed by atoms with Crippen molar-refractivity contribution in [1.82, 2.24) is 4.98 Å². The van der Waals surface area contributed by atoms with E-state index in [9.17, 15) is 0 Å². The second-order valence-electron chi connectivity index (χ2n) is 4.14. The molecule has 0 saturated heterocycles. The summed E-state index contributed by atoms with van der Waals surface area (Å²) in [6.45, 7) is 7.73. The van der Waals surface area contributed by atoms with Crippen molar-refractivity contribution in [3.63, 3.8) is 0 Å². The Labute approximate surface area is 106 Å². The number of nitrogens with zero attached hydrogens (tertiary/aromatic N) is 1. The molecule has 0 fully saturated rings. The summed E-state index contributed by atoms with van der Waals surface area (Å²) in [7, 11) is 0. The average molecular weight is 250 g/mol. The molecule has 0 radical (unpaired) electrons. The van der Waals surface area contributed by atoms with Crippen molar-refractivity contribution in [3.05, 3.63) is 23.8 Å². The highest BCUT2D eigenvalue weighted by Gasteiger charge is 2.05. The lowest BCUT2D eigenvalue weighted by Crippen LogP contribution is -2.19. The number of rotatable bonds is 5. The van der Waals surface area contributed by atoms with E-state index in [0.29, 0.717) is 0 Å². The maximum atomic E-state index is 5.47. The van der Waals surface area contributed by atoms with Gasteiger partial charge in [0.1, 0.15) is 0 Å². The third-order valence-corrected chi connectivity index (χ3v) is 3.51. The van der Waals surface area contributed by atoms with E-state index in [1.165, 1.54) is 10.3 Å². The average Bonchev–Trinajstić information content (AvgIpc) is 2.68. The Kier molecular flexibility index (Phi) is 3.97. The number of nitrogens with one attached hydrogen (secondary N) is 1. The molecular formula is C13H18N2OS. The summed E-state index contributed by atoms with van der Waals surface area (Å²) in [5.74, 6) is 0. The standard InChI is InChI=1S/C13H18N2OS/c1-4-16-10(3)8-14-13-15-11-6-5-9(2)7-12(11)17-13/h5-7,10H,4,8H2,1-3H3,(H,14,15). The Hall–Kier alpha value is -1.13. The van der Waals surface area contributed by atoms with Gasteiger partial charge in [0.25, 0.3) is 0 Å². The predicted molar refractivity (Wildman–Crippen MR) is 73.9 cm³/mol. The molecule has 1 aromatic carbocycles. The molecule has 0 amide bonds. The molecule has 92 valence electrons. The molecule has 4 heteroatoms. The van der Waals surface area contributed by atoms with E-state index in [-0.39, 0.29) is 6.10 Å². The molecule has 2 rings (SSSR count). The highest BCUT2D eigenvalue weighted by Crippen LogP contribution is 2.26. The molecule has 0 aliphatic rings. The molecule has 3 nitrogen and oxygen atoms in total. The topological polar surface area (TPSA) is 34.1 Å². The third-order valence-electron chi connectivity index (χ3n) is 2.54. The fourth-order valence-electron chi connectivity index (χ4n) is 1.68. The summed E-state index contributed by atoms with van der Waals surface area (Å²) >= 11 is 1.69. The number of anilines is 1. The van der Waals surface area contributed by atoms with E-state index in [4.69, 9.17) is 4.74 Å². The zero-order chi connectivity index (χ0) is 12.3. The lowest BCUT2D eigenvalue weighted by molar-refractivity contribution is 0.0855. The molecule has 1 aromatic heterocycles. The number of hydrogen-bond donors (Lipinski definition) is 1. The van der Waals surface area contributed by atoms with E-state index in [0.717, 1.165) is 23.8 Å². The highest BCUT2D eigenvalue weighted by molar-refractivity contribution is 7.22. The number of thiazole rings is 1. The van der Waals surface area contributed by atoms with E-state index in [1.807, 2.05) is 6.92 Å². The van der Waals surface area contributed by atoms with Crippen LogP contribution in [0.1, 0.15) is 19.4 Å². The Morgan fingerprint density at radius 1 is 1.47 bits per heavy atom. The van der Waals surface area contributed by atoms with E-state index in [2.05, 4.69) is 42.3 Å². The van der Waals surface area contributed by atoms with Crippen LogP contribution in [0.5, 0.6) is 0 Å².